The predicted molar refractivity (Wildman–Crippen MR) is 163 cm³/mol. The third-order valence-corrected chi connectivity index (χ3v) is 9.03. The van der Waals surface area contributed by atoms with Crippen LogP contribution in [-0.4, -0.2) is 74.8 Å². The van der Waals surface area contributed by atoms with E-state index in [9.17, 15) is 9.59 Å². The maximum atomic E-state index is 13.8. The maximum Gasteiger partial charge on any atom is 0.240 e. The number of rotatable bonds is 10. The average molecular weight is 587 g/mol. The van der Waals surface area contributed by atoms with Gasteiger partial charge in [0.15, 0.2) is 0 Å². The normalized spacial score (nSPS) is 20.5. The lowest BCUT2D eigenvalue weighted by atomic mass is 9.96. The van der Waals surface area contributed by atoms with Gasteiger partial charge in [0, 0.05) is 56.2 Å². The molecule has 2 aromatic carbocycles. The second kappa shape index (κ2) is 13.5. The van der Waals surface area contributed by atoms with E-state index < -0.39 is 0 Å². The number of nitrogens with zero attached hydrogens (tertiary/aromatic N) is 6. The minimum Gasteiger partial charge on any atom is -0.340 e. The summed E-state index contributed by atoms with van der Waals surface area (Å²) in [4.78, 5) is 37.9. The van der Waals surface area contributed by atoms with Gasteiger partial charge < -0.3 is 14.4 Å². The van der Waals surface area contributed by atoms with Crippen LogP contribution in [0.4, 0.5) is 0 Å². The van der Waals surface area contributed by atoms with Crippen molar-refractivity contribution in [3.05, 3.63) is 88.5 Å². The lowest BCUT2D eigenvalue weighted by molar-refractivity contribution is -0.137. The van der Waals surface area contributed by atoms with Gasteiger partial charge in [-0.25, -0.2) is 4.98 Å². The highest BCUT2D eigenvalue weighted by molar-refractivity contribution is 6.30. The summed E-state index contributed by atoms with van der Waals surface area (Å²) in [5.41, 5.74) is 3.56. The highest BCUT2D eigenvalue weighted by atomic mass is 35.5. The van der Waals surface area contributed by atoms with E-state index >= 15 is 0 Å². The predicted octanol–water partition coefficient (Wildman–Crippen LogP) is 4.75. The Labute approximate surface area is 253 Å². The molecule has 2 fully saturated rings. The Bertz CT molecular complexity index is 1430. The molecular formula is C33H39ClN6O2. The van der Waals surface area contributed by atoms with E-state index in [0.717, 1.165) is 55.6 Å². The summed E-state index contributed by atoms with van der Waals surface area (Å²) < 4.78 is 2.00. The first-order valence-electron chi connectivity index (χ1n) is 14.9. The van der Waals surface area contributed by atoms with Crippen LogP contribution in [0.5, 0.6) is 0 Å². The number of likely N-dealkylation sites (tertiary alicyclic amines) is 2. The Morgan fingerprint density at radius 1 is 1.12 bits per heavy atom. The summed E-state index contributed by atoms with van der Waals surface area (Å²) in [5, 5.41) is 9.74. The van der Waals surface area contributed by atoms with Crippen LogP contribution >= 0.6 is 11.6 Å². The first-order chi connectivity index (χ1) is 20.4. The van der Waals surface area contributed by atoms with E-state index in [1.165, 1.54) is 0 Å². The zero-order valence-electron chi connectivity index (χ0n) is 24.5. The molecular weight excluding hydrogens is 548 g/mol. The van der Waals surface area contributed by atoms with E-state index in [4.69, 9.17) is 16.9 Å². The standard InChI is InChI=1S/C33H39ClN6O2/c1-3-27-13-15-38(32(27)33(42)37(2)20-26-6-4-7-28(34)16-26)22-29-8-5-14-40(29)31(41)17-30-19-36-23-39(30)21-25-11-9-24(18-35)10-12-25/h4,6-7,9-12,16,19,23,27,29,32H,3,5,8,13-15,17,20-22H2,1-2H3/t27-,29-,32-/m0/s1. The van der Waals surface area contributed by atoms with Gasteiger partial charge in [-0.1, -0.05) is 49.2 Å². The molecule has 0 N–H and O–H groups in total. The number of benzene rings is 2. The lowest BCUT2D eigenvalue weighted by Crippen LogP contribution is -2.51. The van der Waals surface area contributed by atoms with Crippen LogP contribution in [0, 0.1) is 17.2 Å². The number of hydrogen-bond donors (Lipinski definition) is 0. The fourth-order valence-corrected chi connectivity index (χ4v) is 6.74. The largest absolute Gasteiger partial charge is 0.340 e. The number of imidazole rings is 1. The van der Waals surface area contributed by atoms with Crippen molar-refractivity contribution in [3.8, 4) is 6.07 Å². The number of carbonyl (C=O) groups is 2. The second-order valence-electron chi connectivity index (χ2n) is 11.6. The van der Waals surface area contributed by atoms with Gasteiger partial charge in [-0.05, 0) is 67.1 Å². The maximum absolute atomic E-state index is 13.8. The van der Waals surface area contributed by atoms with E-state index in [2.05, 4.69) is 22.9 Å². The first kappa shape index (κ1) is 29.8. The molecule has 2 saturated heterocycles. The zero-order valence-corrected chi connectivity index (χ0v) is 25.2. The summed E-state index contributed by atoms with van der Waals surface area (Å²) in [7, 11) is 1.87. The van der Waals surface area contributed by atoms with E-state index in [1.54, 1.807) is 24.7 Å². The van der Waals surface area contributed by atoms with Crippen molar-refractivity contribution in [2.45, 2.75) is 64.2 Å². The number of likely N-dealkylation sites (N-methyl/N-ethyl adjacent to an activating group) is 1. The van der Waals surface area contributed by atoms with Gasteiger partial charge in [0.1, 0.15) is 0 Å². The minimum absolute atomic E-state index is 0.0940. The monoisotopic (exact) mass is 586 g/mol. The van der Waals surface area contributed by atoms with Gasteiger partial charge >= 0.3 is 0 Å². The molecule has 3 heterocycles. The van der Waals surface area contributed by atoms with Crippen molar-refractivity contribution < 1.29 is 9.59 Å². The summed E-state index contributed by atoms with van der Waals surface area (Å²) in [5.74, 6) is 0.551. The SMILES string of the molecule is CC[C@H]1CCN(C[C@@H]2CCCN2C(=O)Cc2cncn2Cc2ccc(C#N)cc2)[C@@H]1C(=O)N(C)Cc1cccc(Cl)c1. The molecule has 3 aromatic rings. The van der Waals surface area contributed by atoms with Gasteiger partial charge in [-0.15, -0.1) is 0 Å². The smallest absolute Gasteiger partial charge is 0.240 e. The molecule has 0 aliphatic carbocycles. The molecule has 220 valence electrons. The van der Waals surface area contributed by atoms with E-state index in [1.807, 2.05) is 57.8 Å². The number of aromatic nitrogens is 2. The first-order valence-corrected chi connectivity index (χ1v) is 15.2. The van der Waals surface area contributed by atoms with Crippen LogP contribution in [0.1, 0.15) is 55.0 Å². The van der Waals surface area contributed by atoms with Crippen LogP contribution in [0.15, 0.2) is 61.1 Å². The number of halogens is 1. The quantitative estimate of drug-likeness (QED) is 0.342. The van der Waals surface area contributed by atoms with Crippen LogP contribution in [0.2, 0.25) is 5.02 Å². The van der Waals surface area contributed by atoms with Gasteiger partial charge in [0.25, 0.3) is 0 Å². The molecule has 2 aliphatic heterocycles. The zero-order chi connectivity index (χ0) is 29.6. The van der Waals surface area contributed by atoms with Crippen molar-refractivity contribution in [1.29, 1.82) is 5.26 Å². The topological polar surface area (TPSA) is 85.5 Å². The number of nitriles is 1. The molecule has 0 spiro atoms. The van der Waals surface area contributed by atoms with Crippen molar-refractivity contribution in [3.63, 3.8) is 0 Å². The minimum atomic E-state index is -0.175. The molecule has 0 unspecified atom stereocenters. The molecule has 0 saturated carbocycles. The summed E-state index contributed by atoms with van der Waals surface area (Å²) in [6.07, 6.45) is 7.68. The number of carbonyl (C=O) groups excluding carboxylic acids is 2. The van der Waals surface area contributed by atoms with Gasteiger partial charge in [0.05, 0.1) is 30.4 Å². The molecule has 0 bridgehead atoms. The van der Waals surface area contributed by atoms with Gasteiger partial charge in [-0.3, -0.25) is 14.5 Å². The molecule has 2 aliphatic rings. The molecule has 1 aromatic heterocycles. The molecule has 5 rings (SSSR count). The van der Waals surface area contributed by atoms with Crippen molar-refractivity contribution >= 4 is 23.4 Å². The Morgan fingerprint density at radius 2 is 1.93 bits per heavy atom. The second-order valence-corrected chi connectivity index (χ2v) is 12.0. The third kappa shape index (κ3) is 6.86. The van der Waals surface area contributed by atoms with Crippen molar-refractivity contribution in [2.24, 2.45) is 5.92 Å². The van der Waals surface area contributed by atoms with Crippen LogP contribution in [0.25, 0.3) is 0 Å². The fourth-order valence-electron chi connectivity index (χ4n) is 6.53. The number of amides is 2. The summed E-state index contributed by atoms with van der Waals surface area (Å²) in [6, 6.07) is 17.2. The summed E-state index contributed by atoms with van der Waals surface area (Å²) >= 11 is 6.18. The molecule has 8 nitrogen and oxygen atoms in total. The molecule has 42 heavy (non-hydrogen) atoms. The molecule has 9 heteroatoms. The van der Waals surface area contributed by atoms with E-state index in [0.29, 0.717) is 36.1 Å². The van der Waals surface area contributed by atoms with Crippen molar-refractivity contribution in [2.75, 3.05) is 26.7 Å². The molecule has 0 radical (unpaired) electrons. The summed E-state index contributed by atoms with van der Waals surface area (Å²) in [6.45, 7) is 5.61. The Morgan fingerprint density at radius 3 is 2.67 bits per heavy atom. The highest BCUT2D eigenvalue weighted by Crippen LogP contribution is 2.31. The highest BCUT2D eigenvalue weighted by Gasteiger charge is 2.42. The Kier molecular flexibility index (Phi) is 9.61. The van der Waals surface area contributed by atoms with E-state index in [-0.39, 0.29) is 30.3 Å². The van der Waals surface area contributed by atoms with Gasteiger partial charge in [-0.2, -0.15) is 5.26 Å². The lowest BCUT2D eigenvalue weighted by Gasteiger charge is -2.34. The van der Waals surface area contributed by atoms with Crippen LogP contribution in [0.3, 0.4) is 0 Å². The van der Waals surface area contributed by atoms with Gasteiger partial charge in [0.2, 0.25) is 11.8 Å². The average Bonchev–Trinajstić information content (AvgIpc) is 3.74. The number of hydrogen-bond acceptors (Lipinski definition) is 5. The fraction of sp³-hybridized carbons (Fsp3) is 0.455. The molecule has 2 amide bonds. The van der Waals surface area contributed by atoms with Crippen molar-refractivity contribution in [1.82, 2.24) is 24.3 Å². The third-order valence-electron chi connectivity index (χ3n) is 8.80. The van der Waals surface area contributed by atoms with Crippen LogP contribution < -0.4 is 0 Å². The Balaban J connectivity index is 1.23. The van der Waals surface area contributed by atoms with Crippen LogP contribution in [-0.2, 0) is 29.1 Å². The Hall–Kier alpha value is -3.67. The molecule has 3 atom stereocenters.